The molecule has 1 aliphatic rings. The average Bonchev–Trinajstić information content (AvgIpc) is 2.91. The molecule has 0 aliphatic carbocycles. The molecular formula is C12H20N4OS. The number of anilines is 1. The highest BCUT2D eigenvalue weighted by atomic mass is 32.1. The molecule has 1 aliphatic heterocycles. The maximum atomic E-state index is 12.1. The molecule has 0 radical (unpaired) electrons. The minimum absolute atomic E-state index is 0.0730. The van der Waals surface area contributed by atoms with Crippen molar-refractivity contribution in [1.82, 2.24) is 9.88 Å². The second-order valence-corrected chi connectivity index (χ2v) is 5.77. The molecule has 2 N–H and O–H groups in total. The molecule has 1 fully saturated rings. The highest BCUT2D eigenvalue weighted by Gasteiger charge is 2.27. The van der Waals surface area contributed by atoms with Gasteiger partial charge < -0.3 is 15.5 Å². The SMILES string of the molecule is CC(C)[C@@H](N)C(=O)N1CCN(c2nccs2)CC1. The first-order chi connectivity index (χ1) is 8.59. The van der Waals surface area contributed by atoms with E-state index in [1.165, 1.54) is 0 Å². The van der Waals surface area contributed by atoms with E-state index in [1.54, 1.807) is 11.3 Å². The summed E-state index contributed by atoms with van der Waals surface area (Å²) in [6.07, 6.45) is 1.81. The van der Waals surface area contributed by atoms with Crippen molar-refractivity contribution in [3.8, 4) is 0 Å². The summed E-state index contributed by atoms with van der Waals surface area (Å²) in [6.45, 7) is 7.11. The summed E-state index contributed by atoms with van der Waals surface area (Å²) in [5.41, 5.74) is 5.90. The smallest absolute Gasteiger partial charge is 0.239 e. The molecule has 1 atom stereocenters. The quantitative estimate of drug-likeness (QED) is 0.880. The van der Waals surface area contributed by atoms with Crippen LogP contribution in [0.15, 0.2) is 11.6 Å². The van der Waals surface area contributed by atoms with E-state index in [0.717, 1.165) is 31.3 Å². The molecule has 100 valence electrons. The Labute approximate surface area is 112 Å². The molecule has 0 aromatic carbocycles. The molecule has 0 saturated carbocycles. The molecule has 18 heavy (non-hydrogen) atoms. The average molecular weight is 268 g/mol. The number of rotatable bonds is 3. The maximum Gasteiger partial charge on any atom is 0.239 e. The van der Waals surface area contributed by atoms with Gasteiger partial charge in [-0.05, 0) is 5.92 Å². The van der Waals surface area contributed by atoms with Gasteiger partial charge in [0.15, 0.2) is 5.13 Å². The molecule has 6 heteroatoms. The molecule has 0 unspecified atom stereocenters. The third kappa shape index (κ3) is 2.81. The highest BCUT2D eigenvalue weighted by molar-refractivity contribution is 7.13. The minimum atomic E-state index is -0.378. The van der Waals surface area contributed by atoms with E-state index in [-0.39, 0.29) is 17.9 Å². The molecule has 0 spiro atoms. The van der Waals surface area contributed by atoms with Crippen LogP contribution >= 0.6 is 11.3 Å². The molecule has 0 bridgehead atoms. The lowest BCUT2D eigenvalue weighted by Gasteiger charge is -2.36. The number of hydrogen-bond acceptors (Lipinski definition) is 5. The molecule has 1 saturated heterocycles. The summed E-state index contributed by atoms with van der Waals surface area (Å²) in [5.74, 6) is 0.262. The van der Waals surface area contributed by atoms with Gasteiger partial charge in [0.2, 0.25) is 5.91 Å². The number of carbonyl (C=O) groups is 1. The second-order valence-electron chi connectivity index (χ2n) is 4.90. The third-order valence-corrected chi connectivity index (χ3v) is 4.12. The van der Waals surface area contributed by atoms with Crippen LogP contribution in [0.25, 0.3) is 0 Å². The predicted molar refractivity (Wildman–Crippen MR) is 73.7 cm³/mol. The van der Waals surface area contributed by atoms with Crippen LogP contribution in [0, 0.1) is 5.92 Å². The Morgan fingerprint density at radius 3 is 2.56 bits per heavy atom. The summed E-state index contributed by atoms with van der Waals surface area (Å²) in [7, 11) is 0. The summed E-state index contributed by atoms with van der Waals surface area (Å²) < 4.78 is 0. The van der Waals surface area contributed by atoms with Crippen molar-refractivity contribution < 1.29 is 4.79 Å². The van der Waals surface area contributed by atoms with E-state index >= 15 is 0 Å². The Hall–Kier alpha value is -1.14. The first-order valence-corrected chi connectivity index (χ1v) is 7.16. The minimum Gasteiger partial charge on any atom is -0.345 e. The second kappa shape index (κ2) is 5.67. The lowest BCUT2D eigenvalue weighted by atomic mass is 10.0. The van der Waals surface area contributed by atoms with Crippen LogP contribution in [0.4, 0.5) is 5.13 Å². The van der Waals surface area contributed by atoms with Crippen LogP contribution < -0.4 is 10.6 Å². The van der Waals surface area contributed by atoms with Gasteiger partial charge >= 0.3 is 0 Å². The first-order valence-electron chi connectivity index (χ1n) is 6.28. The number of piperazine rings is 1. The van der Waals surface area contributed by atoms with E-state index in [9.17, 15) is 4.79 Å². The fourth-order valence-electron chi connectivity index (χ4n) is 1.99. The normalized spacial score (nSPS) is 18.2. The van der Waals surface area contributed by atoms with Gasteiger partial charge in [0.05, 0.1) is 6.04 Å². The molecule has 1 aromatic rings. The molecule has 2 rings (SSSR count). The number of nitrogens with two attached hydrogens (primary N) is 1. The zero-order valence-electron chi connectivity index (χ0n) is 10.9. The Morgan fingerprint density at radius 1 is 1.39 bits per heavy atom. The van der Waals surface area contributed by atoms with Crippen molar-refractivity contribution in [3.63, 3.8) is 0 Å². The van der Waals surface area contributed by atoms with Crippen LogP contribution in [0.1, 0.15) is 13.8 Å². The van der Waals surface area contributed by atoms with Crippen molar-refractivity contribution >= 4 is 22.4 Å². The van der Waals surface area contributed by atoms with Gasteiger partial charge in [0.25, 0.3) is 0 Å². The molecule has 2 heterocycles. The van der Waals surface area contributed by atoms with Crippen LogP contribution in [-0.2, 0) is 4.79 Å². The number of amides is 1. The van der Waals surface area contributed by atoms with Gasteiger partial charge in [-0.2, -0.15) is 0 Å². The van der Waals surface area contributed by atoms with E-state index in [4.69, 9.17) is 5.73 Å². The highest BCUT2D eigenvalue weighted by Crippen LogP contribution is 2.19. The number of nitrogens with zero attached hydrogens (tertiary/aromatic N) is 3. The van der Waals surface area contributed by atoms with E-state index in [1.807, 2.05) is 30.3 Å². The summed E-state index contributed by atoms with van der Waals surface area (Å²) in [5, 5.41) is 3.01. The van der Waals surface area contributed by atoms with Gasteiger partial charge in [0, 0.05) is 37.8 Å². The summed E-state index contributed by atoms with van der Waals surface area (Å²) >= 11 is 1.64. The van der Waals surface area contributed by atoms with E-state index < -0.39 is 0 Å². The zero-order chi connectivity index (χ0) is 13.1. The van der Waals surface area contributed by atoms with Crippen molar-refractivity contribution in [3.05, 3.63) is 11.6 Å². The largest absolute Gasteiger partial charge is 0.345 e. The van der Waals surface area contributed by atoms with Gasteiger partial charge in [-0.1, -0.05) is 13.8 Å². The Bertz CT molecular complexity index is 385. The molecular weight excluding hydrogens is 248 g/mol. The van der Waals surface area contributed by atoms with Crippen molar-refractivity contribution in [2.24, 2.45) is 11.7 Å². The Morgan fingerprint density at radius 2 is 2.06 bits per heavy atom. The van der Waals surface area contributed by atoms with Gasteiger partial charge in [0.1, 0.15) is 0 Å². The third-order valence-electron chi connectivity index (χ3n) is 3.28. The fraction of sp³-hybridized carbons (Fsp3) is 0.667. The van der Waals surface area contributed by atoms with Crippen molar-refractivity contribution in [2.75, 3.05) is 31.1 Å². The van der Waals surface area contributed by atoms with Crippen molar-refractivity contribution in [2.45, 2.75) is 19.9 Å². The van der Waals surface area contributed by atoms with Gasteiger partial charge in [-0.15, -0.1) is 11.3 Å². The first kappa shape index (κ1) is 13.3. The zero-order valence-corrected chi connectivity index (χ0v) is 11.7. The molecule has 1 aromatic heterocycles. The lowest BCUT2D eigenvalue weighted by Crippen LogP contribution is -2.54. The fourth-order valence-corrected chi connectivity index (χ4v) is 2.68. The van der Waals surface area contributed by atoms with Crippen LogP contribution in [0.5, 0.6) is 0 Å². The molecule has 5 nitrogen and oxygen atoms in total. The van der Waals surface area contributed by atoms with Crippen LogP contribution in [0.3, 0.4) is 0 Å². The maximum absolute atomic E-state index is 12.1. The number of hydrogen-bond donors (Lipinski definition) is 1. The molecule has 1 amide bonds. The van der Waals surface area contributed by atoms with E-state index in [2.05, 4.69) is 9.88 Å². The standard InChI is InChI=1S/C12H20N4OS/c1-9(2)10(13)11(17)15-4-6-16(7-5-15)12-14-3-8-18-12/h3,8-10H,4-7,13H2,1-2H3/t10-/m1/s1. The summed E-state index contributed by atoms with van der Waals surface area (Å²) in [4.78, 5) is 20.5. The summed E-state index contributed by atoms with van der Waals surface area (Å²) in [6, 6.07) is -0.378. The van der Waals surface area contributed by atoms with Crippen LogP contribution in [-0.4, -0.2) is 48.0 Å². The lowest BCUT2D eigenvalue weighted by molar-refractivity contribution is -0.133. The number of aromatic nitrogens is 1. The van der Waals surface area contributed by atoms with Gasteiger partial charge in [-0.3, -0.25) is 4.79 Å². The topological polar surface area (TPSA) is 62.5 Å². The monoisotopic (exact) mass is 268 g/mol. The Balaban J connectivity index is 1.89. The Kier molecular flexibility index (Phi) is 4.19. The van der Waals surface area contributed by atoms with Gasteiger partial charge in [-0.25, -0.2) is 4.98 Å². The number of thiazole rings is 1. The van der Waals surface area contributed by atoms with Crippen molar-refractivity contribution in [1.29, 1.82) is 0 Å². The van der Waals surface area contributed by atoms with Crippen LogP contribution in [0.2, 0.25) is 0 Å². The van der Waals surface area contributed by atoms with E-state index in [0.29, 0.717) is 0 Å². The predicted octanol–water partition coefficient (Wildman–Crippen LogP) is 0.775. The number of carbonyl (C=O) groups excluding carboxylic acids is 1.